The molecule has 0 radical (unpaired) electrons. The van der Waals surface area contributed by atoms with Crippen LogP contribution in [0.4, 0.5) is 5.82 Å². The van der Waals surface area contributed by atoms with Gasteiger partial charge >= 0.3 is 0 Å². The Hall–Kier alpha value is -1.76. The summed E-state index contributed by atoms with van der Waals surface area (Å²) in [5, 5.41) is 1.19. The van der Waals surface area contributed by atoms with E-state index < -0.39 is 0 Å². The lowest BCUT2D eigenvalue weighted by Gasteiger charge is -2.18. The third kappa shape index (κ3) is 2.97. The van der Waals surface area contributed by atoms with Crippen LogP contribution in [0.25, 0.3) is 22.4 Å². The van der Waals surface area contributed by atoms with Crippen LogP contribution in [0, 0.1) is 0 Å². The average molecular weight is 360 g/mol. The summed E-state index contributed by atoms with van der Waals surface area (Å²) < 4.78 is 3.18. The Labute approximate surface area is 150 Å². The fourth-order valence-corrected chi connectivity index (χ4v) is 4.07. The molecule has 0 spiro atoms. The molecular formula is C17H18ClN5S. The van der Waals surface area contributed by atoms with Crippen molar-refractivity contribution in [1.29, 1.82) is 0 Å². The predicted octanol–water partition coefficient (Wildman–Crippen LogP) is 3.72. The minimum absolute atomic E-state index is 0.585. The van der Waals surface area contributed by atoms with Gasteiger partial charge in [0, 0.05) is 30.1 Å². The molecule has 2 N–H and O–H groups in total. The Morgan fingerprint density at radius 1 is 1.38 bits per heavy atom. The Balaban J connectivity index is 1.66. The number of anilines is 1. The van der Waals surface area contributed by atoms with Crippen LogP contribution in [-0.4, -0.2) is 40.3 Å². The Morgan fingerprint density at radius 3 is 3.08 bits per heavy atom. The highest BCUT2D eigenvalue weighted by atomic mass is 35.5. The largest absolute Gasteiger partial charge is 0.355 e. The second-order valence-corrected chi connectivity index (χ2v) is 7.52. The Morgan fingerprint density at radius 2 is 2.25 bits per heavy atom. The van der Waals surface area contributed by atoms with Gasteiger partial charge in [0.05, 0.1) is 16.1 Å². The van der Waals surface area contributed by atoms with Crippen LogP contribution in [0.1, 0.15) is 6.42 Å². The lowest BCUT2D eigenvalue weighted by Crippen LogP contribution is -2.22. The monoisotopic (exact) mass is 359 g/mol. The number of rotatable bonds is 4. The topological polar surface area (TPSA) is 56.8 Å². The molecule has 5 nitrogen and oxygen atoms in total. The molecule has 0 saturated carbocycles. The molecule has 1 saturated heterocycles. The number of halogens is 1. The van der Waals surface area contributed by atoms with Gasteiger partial charge in [-0.15, -0.1) is 0 Å². The SMILES string of the molecule is CNSC1CCN(c2cc(-c3nc4ccccc4[nH]3)c(Cl)cn2)C1. The molecular weight excluding hydrogens is 342 g/mol. The lowest BCUT2D eigenvalue weighted by molar-refractivity contribution is 0.938. The van der Waals surface area contributed by atoms with E-state index >= 15 is 0 Å². The first-order valence-electron chi connectivity index (χ1n) is 7.92. The van der Waals surface area contributed by atoms with E-state index in [0.29, 0.717) is 10.3 Å². The van der Waals surface area contributed by atoms with Gasteiger partial charge in [0.2, 0.25) is 0 Å². The maximum Gasteiger partial charge on any atom is 0.140 e. The van der Waals surface area contributed by atoms with Gasteiger partial charge in [-0.05, 0) is 31.7 Å². The van der Waals surface area contributed by atoms with Gasteiger partial charge in [0.15, 0.2) is 0 Å². The quantitative estimate of drug-likeness (QED) is 0.695. The van der Waals surface area contributed by atoms with Gasteiger partial charge in [-0.2, -0.15) is 0 Å². The van der Waals surface area contributed by atoms with E-state index in [1.807, 2.05) is 37.4 Å². The number of para-hydroxylation sites is 2. The van der Waals surface area contributed by atoms with Gasteiger partial charge in [0.25, 0.3) is 0 Å². The van der Waals surface area contributed by atoms with Crippen molar-refractivity contribution in [2.24, 2.45) is 0 Å². The average Bonchev–Trinajstić information content (AvgIpc) is 3.22. The highest BCUT2D eigenvalue weighted by Crippen LogP contribution is 2.32. The van der Waals surface area contributed by atoms with Gasteiger partial charge in [0.1, 0.15) is 11.6 Å². The molecule has 3 aromatic rings. The summed E-state index contributed by atoms with van der Waals surface area (Å²) in [6, 6.07) is 10.0. The standard InChI is InChI=1S/C17H18ClN5S/c1-19-24-11-6-7-23(10-11)16-8-12(13(18)9-20-16)17-21-14-4-2-3-5-15(14)22-17/h2-5,8-9,11,19H,6-7,10H2,1H3,(H,21,22). The molecule has 124 valence electrons. The third-order valence-corrected chi connectivity index (χ3v) is 5.49. The number of aromatic nitrogens is 3. The summed E-state index contributed by atoms with van der Waals surface area (Å²) in [6.45, 7) is 1.99. The van der Waals surface area contributed by atoms with Crippen molar-refractivity contribution in [2.45, 2.75) is 11.7 Å². The van der Waals surface area contributed by atoms with Crippen molar-refractivity contribution in [3.05, 3.63) is 41.6 Å². The van der Waals surface area contributed by atoms with Crippen LogP contribution in [-0.2, 0) is 0 Å². The number of hydrogen-bond acceptors (Lipinski definition) is 5. The van der Waals surface area contributed by atoms with Crippen LogP contribution in [0.5, 0.6) is 0 Å². The molecule has 1 unspecified atom stereocenters. The van der Waals surface area contributed by atoms with E-state index in [4.69, 9.17) is 11.6 Å². The fraction of sp³-hybridized carbons (Fsp3) is 0.294. The molecule has 0 amide bonds. The van der Waals surface area contributed by atoms with Gasteiger partial charge < -0.3 is 9.88 Å². The van der Waals surface area contributed by atoms with Crippen molar-refractivity contribution >= 4 is 40.4 Å². The molecule has 2 aromatic heterocycles. The van der Waals surface area contributed by atoms with Crippen molar-refractivity contribution < 1.29 is 0 Å². The molecule has 7 heteroatoms. The molecule has 24 heavy (non-hydrogen) atoms. The molecule has 0 aliphatic carbocycles. The highest BCUT2D eigenvalue weighted by Gasteiger charge is 2.24. The zero-order valence-corrected chi connectivity index (χ0v) is 14.9. The lowest BCUT2D eigenvalue weighted by atomic mass is 10.2. The second kappa shape index (κ2) is 6.63. The summed E-state index contributed by atoms with van der Waals surface area (Å²) >= 11 is 8.17. The number of hydrogen-bond donors (Lipinski definition) is 2. The number of nitrogens with one attached hydrogen (secondary N) is 2. The van der Waals surface area contributed by atoms with Crippen LogP contribution < -0.4 is 9.62 Å². The van der Waals surface area contributed by atoms with E-state index in [1.165, 1.54) is 0 Å². The van der Waals surface area contributed by atoms with Gasteiger partial charge in [-0.25, -0.2) is 9.97 Å². The smallest absolute Gasteiger partial charge is 0.140 e. The van der Waals surface area contributed by atoms with Crippen molar-refractivity contribution in [3.8, 4) is 11.4 Å². The zero-order valence-electron chi connectivity index (χ0n) is 13.3. The minimum atomic E-state index is 0.585. The number of fused-ring (bicyclic) bond motifs is 1. The molecule has 4 rings (SSSR count). The molecule has 1 atom stereocenters. The van der Waals surface area contributed by atoms with Crippen LogP contribution in [0.15, 0.2) is 36.5 Å². The first kappa shape index (κ1) is 15.7. The normalized spacial score (nSPS) is 17.8. The number of nitrogens with zero attached hydrogens (tertiary/aromatic N) is 3. The number of imidazole rings is 1. The summed E-state index contributed by atoms with van der Waals surface area (Å²) in [5.74, 6) is 1.74. The second-order valence-electron chi connectivity index (χ2n) is 5.80. The number of pyridine rings is 1. The van der Waals surface area contributed by atoms with Crippen molar-refractivity contribution in [3.63, 3.8) is 0 Å². The van der Waals surface area contributed by atoms with E-state index in [0.717, 1.165) is 47.7 Å². The molecule has 3 heterocycles. The van der Waals surface area contributed by atoms with E-state index in [2.05, 4.69) is 24.6 Å². The molecule has 1 aromatic carbocycles. The molecule has 1 fully saturated rings. The van der Waals surface area contributed by atoms with E-state index in [1.54, 1.807) is 18.1 Å². The molecule has 1 aliphatic heterocycles. The first-order chi connectivity index (χ1) is 11.7. The van der Waals surface area contributed by atoms with E-state index in [9.17, 15) is 0 Å². The maximum atomic E-state index is 6.39. The first-order valence-corrected chi connectivity index (χ1v) is 9.18. The van der Waals surface area contributed by atoms with Crippen molar-refractivity contribution in [1.82, 2.24) is 19.7 Å². The summed E-state index contributed by atoms with van der Waals surface area (Å²) in [6.07, 6.45) is 2.87. The maximum absolute atomic E-state index is 6.39. The van der Waals surface area contributed by atoms with Gasteiger partial charge in [-0.3, -0.25) is 4.72 Å². The van der Waals surface area contributed by atoms with Crippen LogP contribution >= 0.6 is 23.5 Å². The number of aromatic amines is 1. The minimum Gasteiger partial charge on any atom is -0.355 e. The summed E-state index contributed by atoms with van der Waals surface area (Å²) in [4.78, 5) is 14.8. The Bertz CT molecular complexity index is 832. The van der Waals surface area contributed by atoms with E-state index in [-0.39, 0.29) is 0 Å². The van der Waals surface area contributed by atoms with Crippen molar-refractivity contribution in [2.75, 3.05) is 25.0 Å². The van der Waals surface area contributed by atoms with Crippen LogP contribution in [0.2, 0.25) is 5.02 Å². The highest BCUT2D eigenvalue weighted by molar-refractivity contribution is 7.98. The molecule has 1 aliphatic rings. The third-order valence-electron chi connectivity index (χ3n) is 4.24. The fourth-order valence-electron chi connectivity index (χ4n) is 3.06. The predicted molar refractivity (Wildman–Crippen MR) is 102 cm³/mol. The zero-order chi connectivity index (χ0) is 16.5. The number of benzene rings is 1. The molecule has 0 bridgehead atoms. The number of H-pyrrole nitrogens is 1. The van der Waals surface area contributed by atoms with Gasteiger partial charge in [-0.1, -0.05) is 35.7 Å². The summed E-state index contributed by atoms with van der Waals surface area (Å²) in [7, 11) is 1.97. The summed E-state index contributed by atoms with van der Waals surface area (Å²) in [5.41, 5.74) is 2.84. The van der Waals surface area contributed by atoms with Crippen LogP contribution in [0.3, 0.4) is 0 Å². The Kier molecular flexibility index (Phi) is 4.35.